The van der Waals surface area contributed by atoms with Gasteiger partial charge in [0.05, 0.1) is 18.4 Å². The third kappa shape index (κ3) is 3.83. The summed E-state index contributed by atoms with van der Waals surface area (Å²) in [5.41, 5.74) is 0.879. The molecule has 1 unspecified atom stereocenters. The van der Waals surface area contributed by atoms with E-state index in [0.717, 1.165) is 18.8 Å². The first-order chi connectivity index (χ1) is 9.20. The highest BCUT2D eigenvalue weighted by Gasteiger charge is 2.17. The lowest BCUT2D eigenvalue weighted by molar-refractivity contribution is 0.445. The van der Waals surface area contributed by atoms with Crippen molar-refractivity contribution in [3.63, 3.8) is 0 Å². The van der Waals surface area contributed by atoms with Crippen molar-refractivity contribution in [1.29, 1.82) is 0 Å². The first-order valence-electron chi connectivity index (χ1n) is 6.74. The zero-order valence-electron chi connectivity index (χ0n) is 11.3. The number of allylic oxidation sites excluding steroid dienone is 2. The first kappa shape index (κ1) is 14.1. The molecule has 1 aliphatic heterocycles. The standard InChI is InChI=1S/C14H20ClN3O/c1-12-5-4-7-17(11-12)13-9-14(19)18(16-10-13)8-3-2-6-15/h2-3,9-10,12H,4-8,11H2,1H3/b3-2+. The highest BCUT2D eigenvalue weighted by Crippen LogP contribution is 2.20. The summed E-state index contributed by atoms with van der Waals surface area (Å²) in [7, 11) is 0. The molecule has 0 N–H and O–H groups in total. The van der Waals surface area contributed by atoms with Crippen molar-refractivity contribution in [1.82, 2.24) is 9.78 Å². The predicted octanol–water partition coefficient (Wildman–Crippen LogP) is 2.27. The highest BCUT2D eigenvalue weighted by molar-refractivity contribution is 6.18. The van der Waals surface area contributed by atoms with Crippen LogP contribution in [0.1, 0.15) is 19.8 Å². The molecule has 5 heteroatoms. The fraction of sp³-hybridized carbons (Fsp3) is 0.571. The summed E-state index contributed by atoms with van der Waals surface area (Å²) < 4.78 is 1.44. The molecule has 1 fully saturated rings. The zero-order chi connectivity index (χ0) is 13.7. The van der Waals surface area contributed by atoms with E-state index < -0.39 is 0 Å². The molecule has 1 aromatic heterocycles. The second-order valence-electron chi connectivity index (χ2n) is 5.05. The Morgan fingerprint density at radius 3 is 3.05 bits per heavy atom. The van der Waals surface area contributed by atoms with Gasteiger partial charge in [-0.15, -0.1) is 11.6 Å². The van der Waals surface area contributed by atoms with E-state index in [9.17, 15) is 4.79 Å². The number of hydrogen-bond donors (Lipinski definition) is 0. The smallest absolute Gasteiger partial charge is 0.269 e. The summed E-state index contributed by atoms with van der Waals surface area (Å²) in [6, 6.07) is 1.68. The number of alkyl halides is 1. The van der Waals surface area contributed by atoms with E-state index in [4.69, 9.17) is 11.6 Å². The second-order valence-corrected chi connectivity index (χ2v) is 5.36. The molecule has 4 nitrogen and oxygen atoms in total. The van der Waals surface area contributed by atoms with Gasteiger partial charge in [0.1, 0.15) is 0 Å². The van der Waals surface area contributed by atoms with Crippen LogP contribution in [0.5, 0.6) is 0 Å². The molecule has 0 amide bonds. The molecular weight excluding hydrogens is 262 g/mol. The second kappa shape index (κ2) is 6.75. The summed E-state index contributed by atoms with van der Waals surface area (Å²) in [6.07, 6.45) is 7.90. The van der Waals surface area contributed by atoms with Crippen molar-refractivity contribution in [2.24, 2.45) is 5.92 Å². The van der Waals surface area contributed by atoms with E-state index in [1.807, 2.05) is 12.2 Å². The molecule has 1 saturated heterocycles. The third-order valence-corrected chi connectivity index (χ3v) is 3.59. The molecule has 104 valence electrons. The summed E-state index contributed by atoms with van der Waals surface area (Å²) in [5, 5.41) is 4.22. The van der Waals surface area contributed by atoms with Crippen LogP contribution in [-0.2, 0) is 6.54 Å². The van der Waals surface area contributed by atoms with E-state index >= 15 is 0 Å². The fourth-order valence-electron chi connectivity index (χ4n) is 2.40. The molecule has 0 aliphatic carbocycles. The van der Waals surface area contributed by atoms with Gasteiger partial charge in [-0.3, -0.25) is 4.79 Å². The van der Waals surface area contributed by atoms with E-state index in [1.54, 1.807) is 12.3 Å². The molecule has 0 bridgehead atoms. The van der Waals surface area contributed by atoms with Gasteiger partial charge in [0.25, 0.3) is 5.56 Å². The van der Waals surface area contributed by atoms with Crippen LogP contribution in [-0.4, -0.2) is 28.8 Å². The van der Waals surface area contributed by atoms with E-state index in [0.29, 0.717) is 18.3 Å². The van der Waals surface area contributed by atoms with Gasteiger partial charge in [0, 0.05) is 25.0 Å². The maximum Gasteiger partial charge on any atom is 0.269 e. The quantitative estimate of drug-likeness (QED) is 0.628. The zero-order valence-corrected chi connectivity index (χ0v) is 12.0. The van der Waals surface area contributed by atoms with E-state index in [-0.39, 0.29) is 5.56 Å². The Morgan fingerprint density at radius 1 is 1.53 bits per heavy atom. The van der Waals surface area contributed by atoms with Crippen molar-refractivity contribution in [3.8, 4) is 0 Å². The van der Waals surface area contributed by atoms with Crippen LogP contribution in [0.15, 0.2) is 29.2 Å². The van der Waals surface area contributed by atoms with Crippen molar-refractivity contribution in [3.05, 3.63) is 34.8 Å². The van der Waals surface area contributed by atoms with E-state index in [2.05, 4.69) is 16.9 Å². The van der Waals surface area contributed by atoms with Crippen molar-refractivity contribution in [2.75, 3.05) is 23.9 Å². The Balaban J connectivity index is 2.09. The number of rotatable bonds is 4. The lowest BCUT2D eigenvalue weighted by Crippen LogP contribution is -2.35. The largest absolute Gasteiger partial charge is 0.370 e. The van der Waals surface area contributed by atoms with Gasteiger partial charge in [-0.1, -0.05) is 19.1 Å². The minimum atomic E-state index is -0.0602. The Kier molecular flexibility index (Phi) is 5.02. The highest BCUT2D eigenvalue weighted by atomic mass is 35.5. The van der Waals surface area contributed by atoms with Crippen molar-refractivity contribution >= 4 is 17.3 Å². The third-order valence-electron chi connectivity index (χ3n) is 3.41. The molecule has 2 heterocycles. The van der Waals surface area contributed by atoms with Gasteiger partial charge in [-0.05, 0) is 18.8 Å². The number of halogens is 1. The van der Waals surface area contributed by atoms with Gasteiger partial charge in [-0.25, -0.2) is 4.68 Å². The molecule has 0 saturated carbocycles. The lowest BCUT2D eigenvalue weighted by Gasteiger charge is -2.32. The topological polar surface area (TPSA) is 38.1 Å². The predicted molar refractivity (Wildman–Crippen MR) is 79.0 cm³/mol. The minimum Gasteiger partial charge on any atom is -0.370 e. The molecule has 0 aromatic carbocycles. The maximum atomic E-state index is 12.0. The molecular formula is C14H20ClN3O. The Hall–Kier alpha value is -1.29. The number of piperidine rings is 1. The van der Waals surface area contributed by atoms with Gasteiger partial charge >= 0.3 is 0 Å². The van der Waals surface area contributed by atoms with Crippen LogP contribution < -0.4 is 10.5 Å². The normalized spacial score (nSPS) is 20.1. The number of aromatic nitrogens is 2. The molecule has 0 radical (unpaired) electrons. The number of hydrogen-bond acceptors (Lipinski definition) is 3. The van der Waals surface area contributed by atoms with Crippen molar-refractivity contribution < 1.29 is 0 Å². The van der Waals surface area contributed by atoms with Crippen LogP contribution in [0.2, 0.25) is 0 Å². The van der Waals surface area contributed by atoms with Gasteiger partial charge < -0.3 is 4.90 Å². The van der Waals surface area contributed by atoms with Gasteiger partial charge in [0.15, 0.2) is 0 Å². The van der Waals surface area contributed by atoms with Crippen LogP contribution in [0.25, 0.3) is 0 Å². The molecule has 1 aromatic rings. The molecule has 19 heavy (non-hydrogen) atoms. The summed E-state index contributed by atoms with van der Waals surface area (Å²) in [6.45, 7) is 4.75. The van der Waals surface area contributed by atoms with Crippen LogP contribution in [0.4, 0.5) is 5.69 Å². The Bertz CT molecular complexity index is 498. The summed E-state index contributed by atoms with van der Waals surface area (Å²) in [4.78, 5) is 14.2. The molecule has 0 spiro atoms. The Morgan fingerprint density at radius 2 is 2.37 bits per heavy atom. The fourth-order valence-corrected chi connectivity index (χ4v) is 2.52. The molecule has 1 atom stereocenters. The average molecular weight is 282 g/mol. The van der Waals surface area contributed by atoms with Crippen molar-refractivity contribution in [2.45, 2.75) is 26.3 Å². The monoisotopic (exact) mass is 281 g/mol. The maximum absolute atomic E-state index is 12.0. The van der Waals surface area contributed by atoms with Gasteiger partial charge in [0.2, 0.25) is 0 Å². The van der Waals surface area contributed by atoms with Crippen LogP contribution >= 0.6 is 11.6 Å². The number of anilines is 1. The molecule has 1 aliphatic rings. The first-order valence-corrected chi connectivity index (χ1v) is 7.27. The summed E-state index contributed by atoms with van der Waals surface area (Å²) in [5.74, 6) is 1.14. The Labute approximate surface area is 118 Å². The van der Waals surface area contributed by atoms with Gasteiger partial charge in [-0.2, -0.15) is 5.10 Å². The van der Waals surface area contributed by atoms with E-state index in [1.165, 1.54) is 17.5 Å². The number of nitrogens with zero attached hydrogens (tertiary/aromatic N) is 3. The SMILES string of the molecule is CC1CCCN(c2cnn(C/C=C/CCl)c(=O)c2)C1. The van der Waals surface area contributed by atoms with Crippen LogP contribution in [0, 0.1) is 5.92 Å². The lowest BCUT2D eigenvalue weighted by atomic mass is 10.00. The minimum absolute atomic E-state index is 0.0602. The average Bonchev–Trinajstić information content (AvgIpc) is 2.41. The van der Waals surface area contributed by atoms with Crippen LogP contribution in [0.3, 0.4) is 0 Å². The summed E-state index contributed by atoms with van der Waals surface area (Å²) >= 11 is 5.55. The molecule has 2 rings (SSSR count).